The van der Waals surface area contributed by atoms with E-state index in [1.54, 1.807) is 6.20 Å². The van der Waals surface area contributed by atoms with Crippen LogP contribution in [0.4, 0.5) is 0 Å². The molecule has 0 aliphatic heterocycles. The van der Waals surface area contributed by atoms with E-state index in [9.17, 15) is 0 Å². The SMILES string of the molecule is CNC(c1cccc(C)c1)c1cncc(Br)c1. The van der Waals surface area contributed by atoms with Crippen molar-refractivity contribution in [3.05, 3.63) is 63.9 Å². The van der Waals surface area contributed by atoms with Gasteiger partial charge in [0.05, 0.1) is 6.04 Å². The van der Waals surface area contributed by atoms with Gasteiger partial charge in [-0.1, -0.05) is 29.8 Å². The Bertz CT molecular complexity index is 466. The van der Waals surface area contributed by atoms with Gasteiger partial charge in [0.1, 0.15) is 0 Å². The first-order valence-electron chi connectivity index (χ1n) is 5.55. The monoisotopic (exact) mass is 290 g/mol. The van der Waals surface area contributed by atoms with Crippen molar-refractivity contribution in [2.75, 3.05) is 7.05 Å². The molecule has 2 aromatic rings. The molecule has 0 spiro atoms. The molecular formula is C14H15BrN2. The van der Waals surface area contributed by atoms with Gasteiger partial charge in [-0.2, -0.15) is 0 Å². The number of hydrogen-bond donors (Lipinski definition) is 1. The van der Waals surface area contributed by atoms with Crippen molar-refractivity contribution in [2.24, 2.45) is 0 Å². The fraction of sp³-hybridized carbons (Fsp3) is 0.214. The molecule has 0 aliphatic carbocycles. The summed E-state index contributed by atoms with van der Waals surface area (Å²) in [6.07, 6.45) is 3.70. The lowest BCUT2D eigenvalue weighted by Gasteiger charge is -2.17. The molecule has 0 amide bonds. The van der Waals surface area contributed by atoms with E-state index in [1.165, 1.54) is 11.1 Å². The average molecular weight is 291 g/mol. The molecule has 1 aromatic heterocycles. The van der Waals surface area contributed by atoms with Crippen LogP contribution >= 0.6 is 15.9 Å². The van der Waals surface area contributed by atoms with Crippen molar-refractivity contribution in [3.63, 3.8) is 0 Å². The topological polar surface area (TPSA) is 24.9 Å². The third-order valence-corrected chi connectivity index (χ3v) is 3.16. The van der Waals surface area contributed by atoms with Crippen LogP contribution in [-0.4, -0.2) is 12.0 Å². The zero-order valence-electron chi connectivity index (χ0n) is 9.94. The lowest BCUT2D eigenvalue weighted by Crippen LogP contribution is -2.17. The van der Waals surface area contributed by atoms with Gasteiger partial charge in [0.2, 0.25) is 0 Å². The summed E-state index contributed by atoms with van der Waals surface area (Å²) in [7, 11) is 1.97. The molecule has 0 saturated heterocycles. The number of aryl methyl sites for hydroxylation is 1. The van der Waals surface area contributed by atoms with E-state index in [-0.39, 0.29) is 6.04 Å². The van der Waals surface area contributed by atoms with Crippen LogP contribution < -0.4 is 5.32 Å². The Morgan fingerprint density at radius 1 is 1.18 bits per heavy atom. The maximum Gasteiger partial charge on any atom is 0.0590 e. The van der Waals surface area contributed by atoms with Crippen molar-refractivity contribution in [1.29, 1.82) is 0 Å². The van der Waals surface area contributed by atoms with Crippen LogP contribution in [0, 0.1) is 6.92 Å². The number of nitrogens with one attached hydrogen (secondary N) is 1. The Morgan fingerprint density at radius 3 is 2.65 bits per heavy atom. The molecule has 1 heterocycles. The molecular weight excluding hydrogens is 276 g/mol. The summed E-state index contributed by atoms with van der Waals surface area (Å²) < 4.78 is 1.00. The second-order valence-corrected chi connectivity index (χ2v) is 4.99. The van der Waals surface area contributed by atoms with Gasteiger partial charge in [-0.05, 0) is 47.1 Å². The van der Waals surface area contributed by atoms with Gasteiger partial charge < -0.3 is 5.32 Å². The molecule has 3 heteroatoms. The van der Waals surface area contributed by atoms with Gasteiger partial charge in [-0.25, -0.2) is 0 Å². The Labute approximate surface area is 110 Å². The number of aromatic nitrogens is 1. The molecule has 1 atom stereocenters. The minimum absolute atomic E-state index is 0.180. The highest BCUT2D eigenvalue weighted by Gasteiger charge is 2.12. The number of benzene rings is 1. The number of nitrogens with zero attached hydrogens (tertiary/aromatic N) is 1. The molecule has 1 aromatic carbocycles. The van der Waals surface area contributed by atoms with E-state index in [1.807, 2.05) is 13.2 Å². The Hall–Kier alpha value is -1.19. The van der Waals surface area contributed by atoms with Crippen molar-refractivity contribution in [3.8, 4) is 0 Å². The van der Waals surface area contributed by atoms with E-state index in [0.29, 0.717) is 0 Å². The summed E-state index contributed by atoms with van der Waals surface area (Å²) in [6.45, 7) is 2.11. The minimum Gasteiger partial charge on any atom is -0.309 e. The summed E-state index contributed by atoms with van der Waals surface area (Å²) in [5.41, 5.74) is 3.69. The minimum atomic E-state index is 0.180. The predicted molar refractivity (Wildman–Crippen MR) is 74.0 cm³/mol. The fourth-order valence-corrected chi connectivity index (χ4v) is 2.34. The van der Waals surface area contributed by atoms with Crippen LogP contribution in [0.1, 0.15) is 22.7 Å². The summed E-state index contributed by atoms with van der Waals surface area (Å²) in [6, 6.07) is 10.8. The van der Waals surface area contributed by atoms with Crippen LogP contribution in [0.15, 0.2) is 47.2 Å². The fourth-order valence-electron chi connectivity index (χ4n) is 1.96. The molecule has 2 nitrogen and oxygen atoms in total. The largest absolute Gasteiger partial charge is 0.309 e. The first kappa shape index (κ1) is 12.3. The second kappa shape index (κ2) is 5.43. The van der Waals surface area contributed by atoms with E-state index in [4.69, 9.17) is 0 Å². The smallest absolute Gasteiger partial charge is 0.0590 e. The van der Waals surface area contributed by atoms with Gasteiger partial charge in [-0.3, -0.25) is 4.98 Å². The highest BCUT2D eigenvalue weighted by molar-refractivity contribution is 9.10. The van der Waals surface area contributed by atoms with Crippen molar-refractivity contribution in [1.82, 2.24) is 10.3 Å². The highest BCUT2D eigenvalue weighted by atomic mass is 79.9. The average Bonchev–Trinajstić information content (AvgIpc) is 2.30. The van der Waals surface area contributed by atoms with Gasteiger partial charge in [0.15, 0.2) is 0 Å². The molecule has 2 rings (SSSR count). The molecule has 1 unspecified atom stereocenters. The quantitative estimate of drug-likeness (QED) is 0.936. The molecule has 0 bridgehead atoms. The van der Waals surface area contributed by atoms with Crippen LogP contribution in [0.5, 0.6) is 0 Å². The Balaban J connectivity index is 2.40. The van der Waals surface area contributed by atoms with E-state index >= 15 is 0 Å². The predicted octanol–water partition coefficient (Wildman–Crippen LogP) is 3.46. The normalized spacial score (nSPS) is 12.4. The molecule has 0 aliphatic rings. The first-order chi connectivity index (χ1) is 8.20. The third kappa shape index (κ3) is 2.93. The first-order valence-corrected chi connectivity index (χ1v) is 6.34. The van der Waals surface area contributed by atoms with Gasteiger partial charge in [0, 0.05) is 16.9 Å². The van der Waals surface area contributed by atoms with Crippen LogP contribution in [-0.2, 0) is 0 Å². The van der Waals surface area contributed by atoms with Crippen molar-refractivity contribution < 1.29 is 0 Å². The van der Waals surface area contributed by atoms with E-state index < -0.39 is 0 Å². The Morgan fingerprint density at radius 2 is 2.00 bits per heavy atom. The van der Waals surface area contributed by atoms with Crippen molar-refractivity contribution in [2.45, 2.75) is 13.0 Å². The van der Waals surface area contributed by atoms with Gasteiger partial charge in [0.25, 0.3) is 0 Å². The van der Waals surface area contributed by atoms with Crippen molar-refractivity contribution >= 4 is 15.9 Å². The summed E-state index contributed by atoms with van der Waals surface area (Å²) >= 11 is 3.46. The third-order valence-electron chi connectivity index (χ3n) is 2.72. The zero-order valence-corrected chi connectivity index (χ0v) is 11.5. The molecule has 88 valence electrons. The Kier molecular flexibility index (Phi) is 3.92. The number of hydrogen-bond acceptors (Lipinski definition) is 2. The van der Waals surface area contributed by atoms with Crippen LogP contribution in [0.3, 0.4) is 0 Å². The number of rotatable bonds is 3. The lowest BCUT2D eigenvalue weighted by molar-refractivity contribution is 0.687. The van der Waals surface area contributed by atoms with Crippen LogP contribution in [0.25, 0.3) is 0 Å². The maximum atomic E-state index is 4.21. The van der Waals surface area contributed by atoms with Gasteiger partial charge >= 0.3 is 0 Å². The van der Waals surface area contributed by atoms with E-state index in [2.05, 4.69) is 63.5 Å². The lowest BCUT2D eigenvalue weighted by atomic mass is 9.99. The molecule has 17 heavy (non-hydrogen) atoms. The molecule has 0 saturated carbocycles. The molecule has 0 radical (unpaired) electrons. The van der Waals surface area contributed by atoms with E-state index in [0.717, 1.165) is 10.0 Å². The summed E-state index contributed by atoms with van der Waals surface area (Å²) in [5.74, 6) is 0. The number of halogens is 1. The van der Waals surface area contributed by atoms with Gasteiger partial charge in [-0.15, -0.1) is 0 Å². The number of pyridine rings is 1. The second-order valence-electron chi connectivity index (χ2n) is 4.07. The van der Waals surface area contributed by atoms with Crippen LogP contribution in [0.2, 0.25) is 0 Å². The zero-order chi connectivity index (χ0) is 12.3. The highest BCUT2D eigenvalue weighted by Crippen LogP contribution is 2.23. The summed E-state index contributed by atoms with van der Waals surface area (Å²) in [5, 5.41) is 3.33. The summed E-state index contributed by atoms with van der Waals surface area (Å²) in [4.78, 5) is 4.21. The molecule has 0 fully saturated rings. The standard InChI is InChI=1S/C14H15BrN2/c1-10-4-3-5-11(6-10)14(16-2)12-7-13(15)9-17-8-12/h3-9,14,16H,1-2H3. The maximum absolute atomic E-state index is 4.21. The molecule has 1 N–H and O–H groups in total.